The van der Waals surface area contributed by atoms with E-state index in [2.05, 4.69) is 20.2 Å². The van der Waals surface area contributed by atoms with Crippen LogP contribution in [0.3, 0.4) is 0 Å². The van der Waals surface area contributed by atoms with Crippen molar-refractivity contribution in [3.8, 4) is 0 Å². The highest BCUT2D eigenvalue weighted by molar-refractivity contribution is 6.00. The molecule has 0 bridgehead atoms. The lowest BCUT2D eigenvalue weighted by atomic mass is 10.1. The lowest BCUT2D eigenvalue weighted by molar-refractivity contribution is 0.937. The van der Waals surface area contributed by atoms with E-state index >= 15 is 0 Å². The second-order valence-corrected chi connectivity index (χ2v) is 5.79. The molecule has 0 spiro atoms. The van der Waals surface area contributed by atoms with Crippen molar-refractivity contribution in [3.63, 3.8) is 0 Å². The Morgan fingerprint density at radius 3 is 2.71 bits per heavy atom. The summed E-state index contributed by atoms with van der Waals surface area (Å²) in [5.41, 5.74) is 7.86. The number of anilines is 2. The first-order valence-corrected chi connectivity index (χ1v) is 8.13. The van der Waals surface area contributed by atoms with Crippen LogP contribution >= 0.6 is 0 Å². The highest BCUT2D eigenvalue weighted by atomic mass is 15.2. The zero-order chi connectivity index (χ0) is 16.8. The Morgan fingerprint density at radius 1 is 1.21 bits per heavy atom. The number of nitrogens with two attached hydrogens (primary N) is 1. The smallest absolute Gasteiger partial charge is 0.128 e. The fraction of sp³-hybridized carbons (Fsp3) is 0.278. The minimum atomic E-state index is 0.372. The second kappa shape index (κ2) is 7.59. The Balaban J connectivity index is 1.59. The molecule has 124 valence electrons. The van der Waals surface area contributed by atoms with Gasteiger partial charge in [-0.1, -0.05) is 6.07 Å². The number of nitrogens with zero attached hydrogens (tertiary/aromatic N) is 3. The number of nitrogens with one attached hydrogen (secondary N) is 2. The molecule has 0 atom stereocenters. The third-order valence-electron chi connectivity index (χ3n) is 3.97. The second-order valence-electron chi connectivity index (χ2n) is 5.79. The zero-order valence-electron chi connectivity index (χ0n) is 13.6. The van der Waals surface area contributed by atoms with Gasteiger partial charge in [0.2, 0.25) is 0 Å². The van der Waals surface area contributed by atoms with Gasteiger partial charge in [-0.2, -0.15) is 0 Å². The average molecular weight is 322 g/mol. The van der Waals surface area contributed by atoms with Crippen molar-refractivity contribution in [3.05, 3.63) is 54.4 Å². The van der Waals surface area contributed by atoms with Crippen LogP contribution in [0, 0.1) is 5.41 Å². The summed E-state index contributed by atoms with van der Waals surface area (Å²) >= 11 is 0. The standard InChI is InChI=1S/C18H22N6/c19-15(13-22-17-5-1-2-8-21-17)11-16(20)14-6-7-18(23-12-14)24-9-3-4-10-24/h1-2,5-8,11-12,19H,3-4,9-10,13,20H2,(H,21,22)/b16-11-,19-15?. The van der Waals surface area contributed by atoms with E-state index in [0.717, 1.165) is 30.3 Å². The minimum absolute atomic E-state index is 0.372. The predicted octanol–water partition coefficient (Wildman–Crippen LogP) is 2.51. The average Bonchev–Trinajstić information content (AvgIpc) is 3.16. The molecule has 24 heavy (non-hydrogen) atoms. The van der Waals surface area contributed by atoms with Gasteiger partial charge >= 0.3 is 0 Å². The summed E-state index contributed by atoms with van der Waals surface area (Å²) in [5, 5.41) is 11.1. The van der Waals surface area contributed by atoms with E-state index < -0.39 is 0 Å². The molecule has 1 aliphatic rings. The van der Waals surface area contributed by atoms with Gasteiger partial charge in [-0.15, -0.1) is 0 Å². The molecular weight excluding hydrogens is 300 g/mol. The van der Waals surface area contributed by atoms with Crippen LogP contribution in [0.1, 0.15) is 18.4 Å². The predicted molar refractivity (Wildman–Crippen MR) is 98.3 cm³/mol. The molecule has 0 amide bonds. The van der Waals surface area contributed by atoms with Gasteiger partial charge in [0.25, 0.3) is 0 Å². The van der Waals surface area contributed by atoms with Crippen molar-refractivity contribution in [2.75, 3.05) is 29.9 Å². The largest absolute Gasteiger partial charge is 0.398 e. The van der Waals surface area contributed by atoms with Gasteiger partial charge < -0.3 is 21.4 Å². The minimum Gasteiger partial charge on any atom is -0.398 e. The molecule has 0 unspecified atom stereocenters. The van der Waals surface area contributed by atoms with Crippen molar-refractivity contribution in [1.29, 1.82) is 5.41 Å². The Labute approximate surface area is 141 Å². The lowest BCUT2D eigenvalue weighted by Crippen LogP contribution is -2.18. The number of hydrogen-bond acceptors (Lipinski definition) is 6. The van der Waals surface area contributed by atoms with Crippen LogP contribution in [0.25, 0.3) is 5.70 Å². The molecular formula is C18H22N6. The van der Waals surface area contributed by atoms with Gasteiger partial charge in [0, 0.05) is 36.7 Å². The van der Waals surface area contributed by atoms with Crippen molar-refractivity contribution in [2.24, 2.45) is 5.73 Å². The molecule has 6 heteroatoms. The number of rotatable bonds is 6. The van der Waals surface area contributed by atoms with Crippen LogP contribution in [0.2, 0.25) is 0 Å². The summed E-state index contributed by atoms with van der Waals surface area (Å²) in [7, 11) is 0. The first kappa shape index (κ1) is 16.0. The van der Waals surface area contributed by atoms with E-state index in [-0.39, 0.29) is 0 Å². The van der Waals surface area contributed by atoms with Crippen molar-refractivity contribution < 1.29 is 0 Å². The summed E-state index contributed by atoms with van der Waals surface area (Å²) in [4.78, 5) is 10.9. The molecule has 4 N–H and O–H groups in total. The number of aromatic nitrogens is 2. The van der Waals surface area contributed by atoms with Crippen molar-refractivity contribution in [1.82, 2.24) is 9.97 Å². The number of hydrogen-bond donors (Lipinski definition) is 3. The van der Waals surface area contributed by atoms with Crippen LogP contribution in [0.15, 0.2) is 48.8 Å². The van der Waals surface area contributed by atoms with Gasteiger partial charge in [-0.3, -0.25) is 0 Å². The topological polar surface area (TPSA) is 90.9 Å². The van der Waals surface area contributed by atoms with Gasteiger partial charge in [-0.05, 0) is 43.2 Å². The first-order valence-electron chi connectivity index (χ1n) is 8.13. The van der Waals surface area contributed by atoms with Crippen LogP contribution in [0.4, 0.5) is 11.6 Å². The van der Waals surface area contributed by atoms with Crippen LogP contribution in [-0.2, 0) is 0 Å². The highest BCUT2D eigenvalue weighted by Crippen LogP contribution is 2.19. The summed E-state index contributed by atoms with van der Waals surface area (Å²) in [6.07, 6.45) is 7.60. The lowest BCUT2D eigenvalue weighted by Gasteiger charge is -2.16. The fourth-order valence-electron chi connectivity index (χ4n) is 2.67. The summed E-state index contributed by atoms with van der Waals surface area (Å²) in [6.45, 7) is 2.51. The Hall–Kier alpha value is -2.89. The SMILES string of the molecule is N=C(/C=C(\N)c1ccc(N2CCCC2)nc1)CNc1ccccn1. The van der Waals surface area contributed by atoms with E-state index in [1.165, 1.54) is 12.8 Å². The molecule has 1 aliphatic heterocycles. The normalized spacial score (nSPS) is 14.7. The molecule has 6 nitrogen and oxygen atoms in total. The van der Waals surface area contributed by atoms with E-state index in [0.29, 0.717) is 18.0 Å². The van der Waals surface area contributed by atoms with E-state index in [1.807, 2.05) is 30.3 Å². The maximum absolute atomic E-state index is 8.02. The maximum atomic E-state index is 8.02. The monoisotopic (exact) mass is 322 g/mol. The van der Waals surface area contributed by atoms with Crippen LogP contribution < -0.4 is 16.0 Å². The summed E-state index contributed by atoms with van der Waals surface area (Å²) in [5.74, 6) is 1.74. The van der Waals surface area contributed by atoms with E-state index in [9.17, 15) is 0 Å². The first-order chi connectivity index (χ1) is 11.7. The number of pyridine rings is 2. The molecule has 0 aromatic carbocycles. The molecule has 0 saturated carbocycles. The van der Waals surface area contributed by atoms with E-state index in [4.69, 9.17) is 11.1 Å². The van der Waals surface area contributed by atoms with E-state index in [1.54, 1.807) is 18.5 Å². The van der Waals surface area contributed by atoms with Crippen LogP contribution in [0.5, 0.6) is 0 Å². The van der Waals surface area contributed by atoms with Gasteiger partial charge in [0.1, 0.15) is 11.6 Å². The molecule has 0 aliphatic carbocycles. The van der Waals surface area contributed by atoms with Crippen molar-refractivity contribution >= 4 is 23.0 Å². The molecule has 0 radical (unpaired) electrons. The Kier molecular flexibility index (Phi) is 5.05. The van der Waals surface area contributed by atoms with Gasteiger partial charge in [-0.25, -0.2) is 9.97 Å². The third-order valence-corrected chi connectivity index (χ3v) is 3.97. The molecule has 2 aromatic heterocycles. The highest BCUT2D eigenvalue weighted by Gasteiger charge is 2.13. The summed E-state index contributed by atoms with van der Waals surface area (Å²) in [6, 6.07) is 9.58. The Morgan fingerprint density at radius 2 is 2.04 bits per heavy atom. The zero-order valence-corrected chi connectivity index (χ0v) is 13.6. The molecule has 3 heterocycles. The molecule has 3 rings (SSSR count). The fourth-order valence-corrected chi connectivity index (χ4v) is 2.67. The third kappa shape index (κ3) is 4.10. The van der Waals surface area contributed by atoms with Crippen LogP contribution in [-0.4, -0.2) is 35.3 Å². The quantitative estimate of drug-likeness (QED) is 0.711. The molecule has 1 fully saturated rings. The Bertz CT molecular complexity index is 702. The maximum Gasteiger partial charge on any atom is 0.128 e. The molecule has 2 aromatic rings. The summed E-state index contributed by atoms with van der Waals surface area (Å²) < 4.78 is 0. The van der Waals surface area contributed by atoms with Gasteiger partial charge in [0.05, 0.1) is 12.3 Å². The van der Waals surface area contributed by atoms with Crippen molar-refractivity contribution in [2.45, 2.75) is 12.8 Å². The van der Waals surface area contributed by atoms with Gasteiger partial charge in [0.15, 0.2) is 0 Å². The molecule has 1 saturated heterocycles.